The number of carbonyl (C=O) groups excluding carboxylic acids is 2. The van der Waals surface area contributed by atoms with E-state index in [2.05, 4.69) is 5.32 Å². The molecular formula is C25H24F2N2O3. The van der Waals surface area contributed by atoms with E-state index in [1.807, 2.05) is 0 Å². The third-order valence-electron chi connectivity index (χ3n) is 5.71. The van der Waals surface area contributed by atoms with E-state index in [-0.39, 0.29) is 17.5 Å². The van der Waals surface area contributed by atoms with Crippen LogP contribution >= 0.6 is 0 Å². The molecule has 1 atom stereocenters. The molecule has 1 aliphatic rings. The topological polar surface area (TPSA) is 62.6 Å². The number of hydrogen-bond acceptors (Lipinski definition) is 3. The number of nitrogens with zero attached hydrogens (tertiary/aromatic N) is 1. The molecule has 0 radical (unpaired) electrons. The highest BCUT2D eigenvalue weighted by atomic mass is 19.1. The molecule has 166 valence electrons. The number of amides is 2. The summed E-state index contributed by atoms with van der Waals surface area (Å²) in [7, 11) is 0. The third kappa shape index (κ3) is 4.72. The van der Waals surface area contributed by atoms with Gasteiger partial charge in [-0.1, -0.05) is 43.5 Å². The normalized spacial score (nSPS) is 15.2. The molecule has 1 aliphatic carbocycles. The molecule has 2 aromatic carbocycles. The van der Waals surface area contributed by atoms with Gasteiger partial charge in [0.25, 0.3) is 5.91 Å². The highest BCUT2D eigenvalue weighted by Crippen LogP contribution is 2.32. The first-order chi connectivity index (χ1) is 15.5. The van der Waals surface area contributed by atoms with Gasteiger partial charge in [0.05, 0.1) is 12.0 Å². The second kappa shape index (κ2) is 9.77. The lowest BCUT2D eigenvalue weighted by Crippen LogP contribution is -2.47. The summed E-state index contributed by atoms with van der Waals surface area (Å²) in [5, 5.41) is 3.02. The Hall–Kier alpha value is -3.48. The van der Waals surface area contributed by atoms with Gasteiger partial charge in [0.15, 0.2) is 5.76 Å². The number of para-hydroxylation sites is 1. The fourth-order valence-corrected chi connectivity index (χ4v) is 4.12. The van der Waals surface area contributed by atoms with Crippen molar-refractivity contribution in [3.05, 3.63) is 89.9 Å². The molecular weight excluding hydrogens is 414 g/mol. The fourth-order valence-electron chi connectivity index (χ4n) is 4.12. The molecule has 0 saturated heterocycles. The first-order valence-corrected chi connectivity index (χ1v) is 10.7. The molecule has 2 amide bonds. The molecule has 0 spiro atoms. The summed E-state index contributed by atoms with van der Waals surface area (Å²) in [5.74, 6) is -2.30. The van der Waals surface area contributed by atoms with Gasteiger partial charge in [-0.2, -0.15) is 0 Å². The number of halogens is 2. The summed E-state index contributed by atoms with van der Waals surface area (Å²) in [6.45, 7) is 0. The monoisotopic (exact) mass is 438 g/mol. The van der Waals surface area contributed by atoms with E-state index in [1.54, 1.807) is 12.1 Å². The minimum absolute atomic E-state index is 0.0274. The Morgan fingerprint density at radius 1 is 0.938 bits per heavy atom. The van der Waals surface area contributed by atoms with Crippen molar-refractivity contribution < 1.29 is 22.8 Å². The Balaban J connectivity index is 1.80. The Morgan fingerprint density at radius 2 is 1.66 bits per heavy atom. The number of carbonyl (C=O) groups is 2. The number of furan rings is 1. The van der Waals surface area contributed by atoms with Crippen molar-refractivity contribution in [1.82, 2.24) is 5.32 Å². The minimum atomic E-state index is -1.22. The summed E-state index contributed by atoms with van der Waals surface area (Å²) in [4.78, 5) is 28.1. The Morgan fingerprint density at radius 3 is 2.31 bits per heavy atom. The first kappa shape index (κ1) is 21.7. The Kier molecular flexibility index (Phi) is 6.63. The average molecular weight is 438 g/mol. The zero-order valence-corrected chi connectivity index (χ0v) is 17.5. The molecule has 4 rings (SSSR count). The number of rotatable bonds is 6. The maximum Gasteiger partial charge on any atom is 0.295 e. The highest BCUT2D eigenvalue weighted by Gasteiger charge is 2.36. The summed E-state index contributed by atoms with van der Waals surface area (Å²) < 4.78 is 33.8. The van der Waals surface area contributed by atoms with Crippen LogP contribution in [-0.2, 0) is 4.79 Å². The van der Waals surface area contributed by atoms with Crippen LogP contribution in [0.4, 0.5) is 14.5 Å². The largest absolute Gasteiger partial charge is 0.459 e. The number of anilines is 1. The van der Waals surface area contributed by atoms with Crippen molar-refractivity contribution in [2.45, 2.75) is 44.2 Å². The molecule has 3 aromatic rings. The van der Waals surface area contributed by atoms with Crippen LogP contribution in [0.5, 0.6) is 0 Å². The smallest absolute Gasteiger partial charge is 0.295 e. The van der Waals surface area contributed by atoms with Crippen LogP contribution in [0.2, 0.25) is 0 Å². The predicted octanol–water partition coefficient (Wildman–Crippen LogP) is 5.39. The van der Waals surface area contributed by atoms with E-state index in [0.717, 1.165) is 37.0 Å². The molecule has 0 aliphatic heterocycles. The number of hydrogen-bond donors (Lipinski definition) is 1. The van der Waals surface area contributed by atoms with Crippen molar-refractivity contribution in [2.75, 3.05) is 4.90 Å². The average Bonchev–Trinajstić information content (AvgIpc) is 3.34. The van der Waals surface area contributed by atoms with Crippen molar-refractivity contribution in [2.24, 2.45) is 0 Å². The maximum absolute atomic E-state index is 14.9. The summed E-state index contributed by atoms with van der Waals surface area (Å²) in [5.41, 5.74) is 0.296. The molecule has 7 heteroatoms. The minimum Gasteiger partial charge on any atom is -0.459 e. The Bertz CT molecular complexity index is 1060. The lowest BCUT2D eigenvalue weighted by atomic mass is 9.94. The Labute approximate surface area is 185 Å². The van der Waals surface area contributed by atoms with Gasteiger partial charge in [-0.25, -0.2) is 8.78 Å². The van der Waals surface area contributed by atoms with Crippen LogP contribution in [0.3, 0.4) is 0 Å². The highest BCUT2D eigenvalue weighted by molar-refractivity contribution is 6.08. The molecule has 0 bridgehead atoms. The molecule has 1 fully saturated rings. The summed E-state index contributed by atoms with van der Waals surface area (Å²) in [6.07, 6.45) is 6.15. The van der Waals surface area contributed by atoms with Crippen LogP contribution in [0.25, 0.3) is 0 Å². The van der Waals surface area contributed by atoms with Crippen molar-refractivity contribution in [1.29, 1.82) is 0 Å². The van der Waals surface area contributed by atoms with Gasteiger partial charge < -0.3 is 9.73 Å². The molecule has 1 N–H and O–H groups in total. The standard InChI is InChI=1S/C25H24F2N2O3/c26-18-14-12-17(13-15-18)23(24(30)28-19-7-2-1-3-8-19)29(21-10-5-4-9-20(21)27)25(31)22-11-6-16-32-22/h4-6,9-16,19,23H,1-3,7-8H2,(H,28,30). The number of nitrogens with one attached hydrogen (secondary N) is 1. The van der Waals surface area contributed by atoms with Crippen LogP contribution in [0, 0.1) is 11.6 Å². The fraction of sp³-hybridized carbons (Fsp3) is 0.280. The van der Waals surface area contributed by atoms with Crippen molar-refractivity contribution in [3.8, 4) is 0 Å². The van der Waals surface area contributed by atoms with Gasteiger partial charge in [-0.05, 0) is 54.8 Å². The lowest BCUT2D eigenvalue weighted by molar-refractivity contribution is -0.123. The van der Waals surface area contributed by atoms with Crippen LogP contribution < -0.4 is 10.2 Å². The predicted molar refractivity (Wildman–Crippen MR) is 116 cm³/mol. The zero-order chi connectivity index (χ0) is 22.5. The van der Waals surface area contributed by atoms with Gasteiger partial charge in [0.2, 0.25) is 5.91 Å². The maximum atomic E-state index is 14.9. The third-order valence-corrected chi connectivity index (χ3v) is 5.71. The van der Waals surface area contributed by atoms with Gasteiger partial charge in [-0.15, -0.1) is 0 Å². The van der Waals surface area contributed by atoms with Gasteiger partial charge in [0.1, 0.15) is 17.7 Å². The van der Waals surface area contributed by atoms with E-state index in [9.17, 15) is 18.4 Å². The summed E-state index contributed by atoms with van der Waals surface area (Å²) >= 11 is 0. The second-order valence-corrected chi connectivity index (χ2v) is 7.90. The summed E-state index contributed by atoms with van der Waals surface area (Å²) in [6, 6.07) is 12.8. The van der Waals surface area contributed by atoms with E-state index >= 15 is 0 Å². The van der Waals surface area contributed by atoms with Crippen LogP contribution in [0.15, 0.2) is 71.3 Å². The zero-order valence-electron chi connectivity index (χ0n) is 17.5. The van der Waals surface area contributed by atoms with E-state index < -0.39 is 29.5 Å². The van der Waals surface area contributed by atoms with E-state index in [0.29, 0.717) is 5.56 Å². The van der Waals surface area contributed by atoms with Gasteiger partial charge >= 0.3 is 0 Å². The number of benzene rings is 2. The van der Waals surface area contributed by atoms with Crippen molar-refractivity contribution in [3.63, 3.8) is 0 Å². The second-order valence-electron chi connectivity index (χ2n) is 7.90. The first-order valence-electron chi connectivity index (χ1n) is 10.7. The van der Waals surface area contributed by atoms with E-state index in [4.69, 9.17) is 4.42 Å². The van der Waals surface area contributed by atoms with Crippen LogP contribution in [-0.4, -0.2) is 17.9 Å². The SMILES string of the molecule is O=C(NC1CCCCC1)C(c1ccc(F)cc1)N(C(=O)c1ccco1)c1ccccc1F. The van der Waals surface area contributed by atoms with Gasteiger partial charge in [0, 0.05) is 6.04 Å². The van der Waals surface area contributed by atoms with Gasteiger partial charge in [-0.3, -0.25) is 14.5 Å². The molecule has 1 unspecified atom stereocenters. The quantitative estimate of drug-likeness (QED) is 0.561. The molecule has 1 aromatic heterocycles. The molecule has 1 heterocycles. The molecule has 32 heavy (non-hydrogen) atoms. The van der Waals surface area contributed by atoms with E-state index in [1.165, 1.54) is 54.8 Å². The van der Waals surface area contributed by atoms with Crippen molar-refractivity contribution >= 4 is 17.5 Å². The molecule has 1 saturated carbocycles. The van der Waals surface area contributed by atoms with Crippen LogP contribution in [0.1, 0.15) is 54.3 Å². The lowest BCUT2D eigenvalue weighted by Gasteiger charge is -2.33. The molecule has 5 nitrogen and oxygen atoms in total.